The normalized spacial score (nSPS) is 23.8. The summed E-state index contributed by atoms with van der Waals surface area (Å²) in [5, 5.41) is 8.99. The van der Waals surface area contributed by atoms with Crippen LogP contribution in [0.1, 0.15) is 19.3 Å². The van der Waals surface area contributed by atoms with Gasteiger partial charge in [-0.05, 0) is 19.3 Å². The first-order valence-electron chi connectivity index (χ1n) is 6.82. The molecule has 21 heavy (non-hydrogen) atoms. The molecule has 118 valence electrons. The molecule has 0 aromatic heterocycles. The SMILES string of the molecule is O=C(O)[C@@H]1CCCN(C(=O)N2CC=C(C(F)(F)F)CC2)C1. The van der Waals surface area contributed by atoms with E-state index in [2.05, 4.69) is 0 Å². The first-order chi connectivity index (χ1) is 9.79. The Labute approximate surface area is 120 Å². The van der Waals surface area contributed by atoms with Crippen molar-refractivity contribution >= 4 is 12.0 Å². The van der Waals surface area contributed by atoms with E-state index >= 15 is 0 Å². The quantitative estimate of drug-likeness (QED) is 0.755. The van der Waals surface area contributed by atoms with Gasteiger partial charge in [0.1, 0.15) is 0 Å². The smallest absolute Gasteiger partial charge is 0.412 e. The van der Waals surface area contributed by atoms with E-state index in [0.29, 0.717) is 19.4 Å². The van der Waals surface area contributed by atoms with Gasteiger partial charge in [-0.15, -0.1) is 0 Å². The molecule has 0 bridgehead atoms. The fourth-order valence-electron chi connectivity index (χ4n) is 2.65. The highest BCUT2D eigenvalue weighted by atomic mass is 19.4. The first kappa shape index (κ1) is 15.7. The number of nitrogens with zero attached hydrogens (tertiary/aromatic N) is 2. The minimum atomic E-state index is -4.34. The van der Waals surface area contributed by atoms with E-state index in [0.717, 1.165) is 6.08 Å². The second-order valence-corrected chi connectivity index (χ2v) is 5.33. The highest BCUT2D eigenvalue weighted by Crippen LogP contribution is 2.30. The summed E-state index contributed by atoms with van der Waals surface area (Å²) in [6, 6.07) is -0.376. The molecule has 1 saturated heterocycles. The number of alkyl halides is 3. The summed E-state index contributed by atoms with van der Waals surface area (Å²) in [6.45, 7) is 0.510. The summed E-state index contributed by atoms with van der Waals surface area (Å²) < 4.78 is 37.6. The van der Waals surface area contributed by atoms with Gasteiger partial charge in [0.05, 0.1) is 5.92 Å². The Morgan fingerprint density at radius 1 is 1.24 bits per heavy atom. The predicted octanol–water partition coefficient (Wildman–Crippen LogP) is 2.10. The fourth-order valence-corrected chi connectivity index (χ4v) is 2.65. The molecule has 0 radical (unpaired) electrons. The molecule has 2 heterocycles. The van der Waals surface area contributed by atoms with Crippen molar-refractivity contribution < 1.29 is 27.9 Å². The lowest BCUT2D eigenvalue weighted by atomic mass is 9.98. The van der Waals surface area contributed by atoms with Gasteiger partial charge in [-0.25, -0.2) is 4.79 Å². The van der Waals surface area contributed by atoms with E-state index in [-0.39, 0.29) is 32.1 Å². The predicted molar refractivity (Wildman–Crippen MR) is 67.7 cm³/mol. The van der Waals surface area contributed by atoms with Crippen LogP contribution in [0.25, 0.3) is 0 Å². The molecule has 1 atom stereocenters. The maximum absolute atomic E-state index is 12.5. The third kappa shape index (κ3) is 3.68. The lowest BCUT2D eigenvalue weighted by molar-refractivity contribution is -0.143. The Morgan fingerprint density at radius 2 is 1.95 bits per heavy atom. The van der Waals surface area contributed by atoms with Crippen LogP contribution in [0, 0.1) is 5.92 Å². The van der Waals surface area contributed by atoms with E-state index in [1.165, 1.54) is 9.80 Å². The van der Waals surface area contributed by atoms with Gasteiger partial charge in [0.15, 0.2) is 0 Å². The van der Waals surface area contributed by atoms with E-state index in [1.807, 2.05) is 0 Å². The molecular weight excluding hydrogens is 289 g/mol. The summed E-state index contributed by atoms with van der Waals surface area (Å²) in [5.74, 6) is -1.53. The number of carboxylic acid groups (broad SMARTS) is 1. The fraction of sp³-hybridized carbons (Fsp3) is 0.692. The summed E-state index contributed by atoms with van der Waals surface area (Å²) in [5.41, 5.74) is -0.603. The molecule has 2 aliphatic heterocycles. The molecule has 0 unspecified atom stereocenters. The van der Waals surface area contributed by atoms with Crippen molar-refractivity contribution in [2.75, 3.05) is 26.2 Å². The number of halogens is 3. The van der Waals surface area contributed by atoms with Gasteiger partial charge in [-0.3, -0.25) is 4.79 Å². The average Bonchev–Trinajstić information content (AvgIpc) is 2.46. The number of rotatable bonds is 1. The molecule has 0 saturated carbocycles. The van der Waals surface area contributed by atoms with Crippen LogP contribution < -0.4 is 0 Å². The Kier molecular flexibility index (Phi) is 4.43. The number of urea groups is 1. The minimum Gasteiger partial charge on any atom is -0.481 e. The van der Waals surface area contributed by atoms with E-state index in [4.69, 9.17) is 5.11 Å². The Hall–Kier alpha value is -1.73. The largest absolute Gasteiger partial charge is 0.481 e. The number of amides is 2. The van der Waals surface area contributed by atoms with Crippen molar-refractivity contribution in [1.82, 2.24) is 9.80 Å². The average molecular weight is 306 g/mol. The van der Waals surface area contributed by atoms with Crippen molar-refractivity contribution in [3.05, 3.63) is 11.6 Å². The van der Waals surface area contributed by atoms with Gasteiger partial charge in [-0.1, -0.05) is 6.08 Å². The van der Waals surface area contributed by atoms with Crippen molar-refractivity contribution in [3.8, 4) is 0 Å². The molecule has 5 nitrogen and oxygen atoms in total. The molecule has 1 fully saturated rings. The third-order valence-corrected chi connectivity index (χ3v) is 3.88. The Morgan fingerprint density at radius 3 is 2.48 bits per heavy atom. The number of hydrogen-bond donors (Lipinski definition) is 1. The molecule has 0 aromatic carbocycles. The van der Waals surface area contributed by atoms with Gasteiger partial charge in [0.25, 0.3) is 0 Å². The number of carboxylic acids is 1. The zero-order chi connectivity index (χ0) is 15.6. The maximum atomic E-state index is 12.5. The minimum absolute atomic E-state index is 0.0123. The number of aliphatic carboxylic acids is 1. The number of carbonyl (C=O) groups is 2. The lowest BCUT2D eigenvalue weighted by Crippen LogP contribution is -2.50. The summed E-state index contributed by atoms with van der Waals surface area (Å²) in [4.78, 5) is 26.0. The van der Waals surface area contributed by atoms with Crippen molar-refractivity contribution in [2.45, 2.75) is 25.4 Å². The van der Waals surface area contributed by atoms with E-state index < -0.39 is 23.6 Å². The van der Waals surface area contributed by atoms with Gasteiger partial charge in [-0.2, -0.15) is 13.2 Å². The second kappa shape index (κ2) is 5.95. The van der Waals surface area contributed by atoms with Crippen molar-refractivity contribution in [1.29, 1.82) is 0 Å². The molecule has 0 aliphatic carbocycles. The van der Waals surface area contributed by atoms with Crippen LogP contribution in [0.4, 0.5) is 18.0 Å². The monoisotopic (exact) mass is 306 g/mol. The zero-order valence-corrected chi connectivity index (χ0v) is 11.4. The summed E-state index contributed by atoms with van der Waals surface area (Å²) in [6.07, 6.45) is -2.41. The number of piperidine rings is 1. The second-order valence-electron chi connectivity index (χ2n) is 5.33. The van der Waals surface area contributed by atoms with Crippen LogP contribution in [-0.2, 0) is 4.79 Å². The molecule has 2 aliphatic rings. The third-order valence-electron chi connectivity index (χ3n) is 3.88. The lowest BCUT2D eigenvalue weighted by Gasteiger charge is -2.36. The van der Waals surface area contributed by atoms with Crippen LogP contribution in [0.3, 0.4) is 0 Å². The van der Waals surface area contributed by atoms with Crippen LogP contribution in [-0.4, -0.2) is 59.3 Å². The summed E-state index contributed by atoms with van der Waals surface area (Å²) in [7, 11) is 0. The topological polar surface area (TPSA) is 60.9 Å². The number of hydrogen-bond acceptors (Lipinski definition) is 2. The van der Waals surface area contributed by atoms with Crippen LogP contribution in [0.5, 0.6) is 0 Å². The number of carbonyl (C=O) groups excluding carboxylic acids is 1. The van der Waals surface area contributed by atoms with Crippen molar-refractivity contribution in [2.24, 2.45) is 5.92 Å². The van der Waals surface area contributed by atoms with Gasteiger partial charge < -0.3 is 14.9 Å². The highest BCUT2D eigenvalue weighted by molar-refractivity contribution is 5.77. The molecule has 2 amide bonds. The Bertz CT molecular complexity index is 462. The molecule has 1 N–H and O–H groups in total. The van der Waals surface area contributed by atoms with Crippen LogP contribution >= 0.6 is 0 Å². The molecule has 0 aromatic rings. The van der Waals surface area contributed by atoms with Gasteiger partial charge in [0, 0.05) is 31.8 Å². The van der Waals surface area contributed by atoms with Crippen molar-refractivity contribution in [3.63, 3.8) is 0 Å². The van der Waals surface area contributed by atoms with Crippen LogP contribution in [0.15, 0.2) is 11.6 Å². The number of likely N-dealkylation sites (tertiary alicyclic amines) is 1. The molecule has 0 spiro atoms. The zero-order valence-electron chi connectivity index (χ0n) is 11.4. The van der Waals surface area contributed by atoms with E-state index in [9.17, 15) is 22.8 Å². The van der Waals surface area contributed by atoms with Gasteiger partial charge in [0.2, 0.25) is 0 Å². The maximum Gasteiger partial charge on any atom is 0.412 e. The highest BCUT2D eigenvalue weighted by Gasteiger charge is 2.37. The van der Waals surface area contributed by atoms with Gasteiger partial charge >= 0.3 is 18.2 Å². The summed E-state index contributed by atoms with van der Waals surface area (Å²) >= 11 is 0. The standard InChI is InChI=1S/C13H17F3N2O3/c14-13(15,16)10-3-6-17(7-4-10)12(21)18-5-1-2-9(8-18)11(19)20/h3,9H,1-2,4-8H2,(H,19,20)/t9-/m1/s1. The Balaban J connectivity index is 1.96. The van der Waals surface area contributed by atoms with E-state index in [1.54, 1.807) is 0 Å². The molecule has 2 rings (SSSR count). The molecular formula is C13H17F3N2O3. The molecule has 8 heteroatoms. The van der Waals surface area contributed by atoms with Crippen LogP contribution in [0.2, 0.25) is 0 Å². The first-order valence-corrected chi connectivity index (χ1v) is 6.82.